The van der Waals surface area contributed by atoms with Crippen LogP contribution in [0, 0.1) is 18.3 Å². The summed E-state index contributed by atoms with van der Waals surface area (Å²) in [5.74, 6) is 0.560. The van der Waals surface area contributed by atoms with Crippen molar-refractivity contribution in [1.29, 1.82) is 5.26 Å². The van der Waals surface area contributed by atoms with Crippen LogP contribution >= 0.6 is 11.6 Å². The number of halogens is 1. The van der Waals surface area contributed by atoms with Crippen molar-refractivity contribution in [2.75, 3.05) is 7.11 Å². The zero-order valence-electron chi connectivity index (χ0n) is 11.6. The molecule has 1 unspecified atom stereocenters. The lowest BCUT2D eigenvalue weighted by Crippen LogP contribution is -2.02. The van der Waals surface area contributed by atoms with Gasteiger partial charge in [0.1, 0.15) is 5.75 Å². The Hall–Kier alpha value is -1.98. The van der Waals surface area contributed by atoms with Gasteiger partial charge in [0.25, 0.3) is 0 Å². The van der Waals surface area contributed by atoms with Crippen LogP contribution in [0.4, 0.5) is 0 Å². The molecule has 2 aromatic carbocycles. The van der Waals surface area contributed by atoms with Gasteiger partial charge >= 0.3 is 0 Å². The minimum atomic E-state index is -0.206. The van der Waals surface area contributed by atoms with Crippen LogP contribution in [0.5, 0.6) is 5.75 Å². The van der Waals surface area contributed by atoms with E-state index in [1.807, 2.05) is 43.3 Å². The van der Waals surface area contributed by atoms with Gasteiger partial charge in [0.05, 0.1) is 19.1 Å². The number of methoxy groups -OCH3 is 1. The van der Waals surface area contributed by atoms with E-state index in [0.717, 1.165) is 16.9 Å². The van der Waals surface area contributed by atoms with Crippen molar-refractivity contribution >= 4 is 11.6 Å². The van der Waals surface area contributed by atoms with Crippen molar-refractivity contribution in [2.24, 2.45) is 0 Å². The predicted octanol–water partition coefficient (Wildman–Crippen LogP) is 4.51. The molecule has 0 bridgehead atoms. The standard InChI is InChI=1S/C17H16ClNO/c1-12-3-5-13(6-4-12)15(11-19)9-14-10-16(18)7-8-17(14)20-2/h3-8,10,15H,9H2,1-2H3. The lowest BCUT2D eigenvalue weighted by Gasteiger charge is -2.13. The normalized spacial score (nSPS) is 11.7. The van der Waals surface area contributed by atoms with Crippen molar-refractivity contribution < 1.29 is 4.74 Å². The summed E-state index contributed by atoms with van der Waals surface area (Å²) in [5, 5.41) is 10.1. The molecular weight excluding hydrogens is 270 g/mol. The number of aryl methyl sites for hydroxylation is 1. The van der Waals surface area contributed by atoms with Gasteiger partial charge in [-0.1, -0.05) is 41.4 Å². The number of ether oxygens (including phenoxy) is 1. The van der Waals surface area contributed by atoms with Gasteiger partial charge in [-0.05, 0) is 42.7 Å². The molecule has 0 radical (unpaired) electrons. The lowest BCUT2D eigenvalue weighted by atomic mass is 9.92. The van der Waals surface area contributed by atoms with Crippen LogP contribution in [0.3, 0.4) is 0 Å². The summed E-state index contributed by atoms with van der Waals surface area (Å²) < 4.78 is 5.33. The van der Waals surface area contributed by atoms with E-state index in [-0.39, 0.29) is 5.92 Å². The SMILES string of the molecule is COc1ccc(Cl)cc1CC(C#N)c1ccc(C)cc1. The average Bonchev–Trinajstić information content (AvgIpc) is 2.46. The number of benzene rings is 2. The number of hydrogen-bond donors (Lipinski definition) is 0. The van der Waals surface area contributed by atoms with Gasteiger partial charge in [0.2, 0.25) is 0 Å². The number of rotatable bonds is 4. The zero-order chi connectivity index (χ0) is 14.5. The van der Waals surface area contributed by atoms with Gasteiger partial charge in [-0.25, -0.2) is 0 Å². The fourth-order valence-electron chi connectivity index (χ4n) is 2.16. The van der Waals surface area contributed by atoms with Crippen molar-refractivity contribution in [2.45, 2.75) is 19.3 Å². The Morgan fingerprint density at radius 2 is 1.90 bits per heavy atom. The fourth-order valence-corrected chi connectivity index (χ4v) is 2.36. The van der Waals surface area contributed by atoms with Crippen LogP contribution in [0.15, 0.2) is 42.5 Å². The van der Waals surface area contributed by atoms with Gasteiger partial charge in [-0.2, -0.15) is 5.26 Å². The first-order chi connectivity index (χ1) is 9.63. The summed E-state index contributed by atoms with van der Waals surface area (Å²) in [6, 6.07) is 15.9. The van der Waals surface area contributed by atoms with E-state index >= 15 is 0 Å². The Bertz CT molecular complexity index is 628. The maximum absolute atomic E-state index is 9.42. The molecule has 0 aliphatic heterocycles. The highest BCUT2D eigenvalue weighted by Crippen LogP contribution is 2.28. The van der Waals surface area contributed by atoms with Crippen LogP contribution in [-0.2, 0) is 6.42 Å². The van der Waals surface area contributed by atoms with E-state index in [2.05, 4.69) is 6.07 Å². The van der Waals surface area contributed by atoms with Gasteiger partial charge in [-0.15, -0.1) is 0 Å². The summed E-state index contributed by atoms with van der Waals surface area (Å²) in [7, 11) is 1.62. The topological polar surface area (TPSA) is 33.0 Å². The second kappa shape index (κ2) is 6.45. The van der Waals surface area contributed by atoms with Crippen LogP contribution in [0.1, 0.15) is 22.6 Å². The molecule has 0 saturated carbocycles. The third kappa shape index (κ3) is 3.31. The lowest BCUT2D eigenvalue weighted by molar-refractivity contribution is 0.409. The number of nitrogens with zero attached hydrogens (tertiary/aromatic N) is 1. The average molecular weight is 286 g/mol. The largest absolute Gasteiger partial charge is 0.496 e. The quantitative estimate of drug-likeness (QED) is 0.828. The Morgan fingerprint density at radius 3 is 2.50 bits per heavy atom. The molecule has 0 heterocycles. The van der Waals surface area contributed by atoms with Crippen LogP contribution < -0.4 is 4.74 Å². The molecule has 0 aliphatic carbocycles. The highest BCUT2D eigenvalue weighted by molar-refractivity contribution is 6.30. The van der Waals surface area contributed by atoms with E-state index in [4.69, 9.17) is 16.3 Å². The monoisotopic (exact) mass is 285 g/mol. The molecule has 102 valence electrons. The van der Waals surface area contributed by atoms with E-state index in [9.17, 15) is 5.26 Å². The molecule has 0 aliphatic rings. The van der Waals surface area contributed by atoms with Crippen molar-refractivity contribution in [3.8, 4) is 11.8 Å². The Labute approximate surface area is 124 Å². The molecule has 3 heteroatoms. The summed E-state index contributed by atoms with van der Waals surface area (Å²) in [5.41, 5.74) is 3.15. The molecule has 20 heavy (non-hydrogen) atoms. The third-order valence-electron chi connectivity index (χ3n) is 3.30. The Morgan fingerprint density at radius 1 is 1.20 bits per heavy atom. The molecule has 0 saturated heterocycles. The first kappa shape index (κ1) is 14.4. The van der Waals surface area contributed by atoms with Gasteiger partial charge in [0, 0.05) is 5.02 Å². The summed E-state index contributed by atoms with van der Waals surface area (Å²) in [6.07, 6.45) is 0.587. The first-order valence-electron chi connectivity index (χ1n) is 6.42. The molecule has 2 rings (SSSR count). The maximum atomic E-state index is 9.42. The molecule has 0 amide bonds. The van der Waals surface area contributed by atoms with Crippen LogP contribution in [0.25, 0.3) is 0 Å². The van der Waals surface area contributed by atoms with E-state index in [1.54, 1.807) is 13.2 Å². The fraction of sp³-hybridized carbons (Fsp3) is 0.235. The smallest absolute Gasteiger partial charge is 0.122 e. The summed E-state index contributed by atoms with van der Waals surface area (Å²) >= 11 is 6.03. The molecular formula is C17H16ClNO. The van der Waals surface area contributed by atoms with E-state index in [1.165, 1.54) is 5.56 Å². The molecule has 0 aromatic heterocycles. The van der Waals surface area contributed by atoms with E-state index < -0.39 is 0 Å². The highest BCUT2D eigenvalue weighted by Gasteiger charge is 2.14. The number of hydrogen-bond acceptors (Lipinski definition) is 2. The third-order valence-corrected chi connectivity index (χ3v) is 3.54. The first-order valence-corrected chi connectivity index (χ1v) is 6.80. The highest BCUT2D eigenvalue weighted by atomic mass is 35.5. The van der Waals surface area contributed by atoms with Crippen molar-refractivity contribution in [3.05, 3.63) is 64.2 Å². The Balaban J connectivity index is 2.29. The van der Waals surface area contributed by atoms with Gasteiger partial charge < -0.3 is 4.74 Å². The second-order valence-electron chi connectivity index (χ2n) is 4.75. The summed E-state index contributed by atoms with van der Waals surface area (Å²) in [6.45, 7) is 2.03. The van der Waals surface area contributed by atoms with Gasteiger partial charge in [-0.3, -0.25) is 0 Å². The zero-order valence-corrected chi connectivity index (χ0v) is 12.3. The second-order valence-corrected chi connectivity index (χ2v) is 5.19. The molecule has 0 N–H and O–H groups in total. The summed E-state index contributed by atoms with van der Waals surface area (Å²) in [4.78, 5) is 0. The van der Waals surface area contributed by atoms with E-state index in [0.29, 0.717) is 11.4 Å². The molecule has 2 nitrogen and oxygen atoms in total. The molecule has 2 aromatic rings. The maximum Gasteiger partial charge on any atom is 0.122 e. The van der Waals surface area contributed by atoms with Crippen molar-refractivity contribution in [1.82, 2.24) is 0 Å². The minimum Gasteiger partial charge on any atom is -0.496 e. The molecule has 0 spiro atoms. The molecule has 1 atom stereocenters. The number of nitriles is 1. The Kier molecular flexibility index (Phi) is 4.65. The molecule has 0 fully saturated rings. The van der Waals surface area contributed by atoms with Gasteiger partial charge in [0.15, 0.2) is 0 Å². The minimum absolute atomic E-state index is 0.206. The van der Waals surface area contributed by atoms with Crippen LogP contribution in [-0.4, -0.2) is 7.11 Å². The van der Waals surface area contributed by atoms with Crippen molar-refractivity contribution in [3.63, 3.8) is 0 Å². The predicted molar refractivity (Wildman–Crippen MR) is 81.2 cm³/mol. The van der Waals surface area contributed by atoms with Crippen LogP contribution in [0.2, 0.25) is 5.02 Å².